The van der Waals surface area contributed by atoms with Crippen LogP contribution in [0.2, 0.25) is 0 Å². The molecule has 1 N–H and O–H groups in total. The average molecular weight is 238 g/mol. The number of fused-ring (bicyclic) bond motifs is 1. The highest BCUT2D eigenvalue weighted by molar-refractivity contribution is 6.25. The minimum absolute atomic E-state index is 0.109. The maximum Gasteiger partial charge on any atom is 0.0628 e. The molecular formula is C13H16ClNO. The smallest absolute Gasteiger partial charge is 0.0628 e. The van der Waals surface area contributed by atoms with Crippen LogP contribution in [-0.4, -0.2) is 29.7 Å². The number of aliphatic hydroxyl groups is 1. The summed E-state index contributed by atoms with van der Waals surface area (Å²) >= 11 is 5.54. The zero-order chi connectivity index (χ0) is 11.4. The van der Waals surface area contributed by atoms with E-state index in [1.54, 1.807) is 0 Å². The van der Waals surface area contributed by atoms with Gasteiger partial charge in [0.1, 0.15) is 0 Å². The molecule has 0 spiro atoms. The van der Waals surface area contributed by atoms with Crippen LogP contribution in [0.1, 0.15) is 17.2 Å². The Morgan fingerprint density at radius 2 is 2.25 bits per heavy atom. The topological polar surface area (TPSA) is 23.5 Å². The summed E-state index contributed by atoms with van der Waals surface area (Å²) in [5.74, 6) is 0. The van der Waals surface area contributed by atoms with E-state index in [1.807, 2.05) is 12.1 Å². The lowest BCUT2D eigenvalue weighted by Crippen LogP contribution is -2.37. The fraction of sp³-hybridized carbons (Fsp3) is 0.385. The van der Waals surface area contributed by atoms with Crippen LogP contribution in [-0.2, 0) is 6.42 Å². The van der Waals surface area contributed by atoms with Gasteiger partial charge < -0.3 is 5.11 Å². The van der Waals surface area contributed by atoms with Gasteiger partial charge in [0.15, 0.2) is 0 Å². The van der Waals surface area contributed by atoms with Gasteiger partial charge in [0, 0.05) is 18.6 Å². The molecule has 0 amide bonds. The highest BCUT2D eigenvalue weighted by Gasteiger charge is 2.25. The quantitative estimate of drug-likeness (QED) is 0.872. The molecule has 0 saturated carbocycles. The Bertz CT molecular complexity index is 378. The van der Waals surface area contributed by atoms with Crippen molar-refractivity contribution in [1.82, 2.24) is 4.90 Å². The van der Waals surface area contributed by atoms with Crippen LogP contribution in [0.5, 0.6) is 0 Å². The van der Waals surface area contributed by atoms with Crippen LogP contribution in [0.15, 0.2) is 35.9 Å². The molecule has 1 aromatic carbocycles. The van der Waals surface area contributed by atoms with Gasteiger partial charge in [0.2, 0.25) is 0 Å². The number of aliphatic hydroxyl groups excluding tert-OH is 1. The molecule has 1 aliphatic rings. The molecule has 3 heteroatoms. The molecule has 0 radical (unpaired) electrons. The van der Waals surface area contributed by atoms with E-state index in [-0.39, 0.29) is 12.6 Å². The van der Waals surface area contributed by atoms with E-state index in [4.69, 9.17) is 11.6 Å². The van der Waals surface area contributed by atoms with Crippen molar-refractivity contribution < 1.29 is 5.11 Å². The lowest BCUT2D eigenvalue weighted by Gasteiger charge is -2.35. The lowest BCUT2D eigenvalue weighted by atomic mass is 9.93. The second-order valence-electron chi connectivity index (χ2n) is 4.00. The van der Waals surface area contributed by atoms with Crippen molar-refractivity contribution in [1.29, 1.82) is 0 Å². The number of hydrogen-bond donors (Lipinski definition) is 1. The van der Waals surface area contributed by atoms with Gasteiger partial charge in [-0.25, -0.2) is 0 Å². The van der Waals surface area contributed by atoms with Gasteiger partial charge in [-0.1, -0.05) is 41.9 Å². The Kier molecular flexibility index (Phi) is 3.99. The first kappa shape index (κ1) is 11.6. The number of halogens is 1. The average Bonchev–Trinajstić information content (AvgIpc) is 2.35. The van der Waals surface area contributed by atoms with E-state index in [9.17, 15) is 5.11 Å². The fourth-order valence-corrected chi connectivity index (χ4v) is 2.39. The van der Waals surface area contributed by atoms with E-state index >= 15 is 0 Å². The number of hydrogen-bond acceptors (Lipinski definition) is 2. The molecule has 0 saturated heterocycles. The van der Waals surface area contributed by atoms with Gasteiger partial charge in [0.05, 0.1) is 12.6 Å². The second kappa shape index (κ2) is 5.48. The molecule has 0 fully saturated rings. The molecule has 1 atom stereocenters. The fourth-order valence-electron chi connectivity index (χ4n) is 2.31. The van der Waals surface area contributed by atoms with Gasteiger partial charge in [-0.3, -0.25) is 4.90 Å². The van der Waals surface area contributed by atoms with E-state index in [0.29, 0.717) is 0 Å². The summed E-state index contributed by atoms with van der Waals surface area (Å²) in [7, 11) is 0. The molecule has 1 aromatic rings. The summed E-state index contributed by atoms with van der Waals surface area (Å²) < 4.78 is 0. The normalized spacial score (nSPS) is 21.2. The highest BCUT2D eigenvalue weighted by atomic mass is 35.5. The molecule has 1 heterocycles. The van der Waals surface area contributed by atoms with Crippen molar-refractivity contribution in [2.45, 2.75) is 12.5 Å². The number of rotatable bonds is 3. The molecule has 0 bridgehead atoms. The summed E-state index contributed by atoms with van der Waals surface area (Å²) in [4.78, 5) is 2.25. The molecule has 2 nitrogen and oxygen atoms in total. The third kappa shape index (κ3) is 2.29. The van der Waals surface area contributed by atoms with Crippen molar-refractivity contribution >= 4 is 11.6 Å². The summed E-state index contributed by atoms with van der Waals surface area (Å²) in [6.45, 7) is 1.93. The standard InChI is InChI=1S/C13H16ClNO/c14-7-3-8-15-9-6-11-4-1-2-5-12(11)13(15)10-16/h1-5,7,13,16H,6,8-10H2/b7-3+. The zero-order valence-electron chi connectivity index (χ0n) is 9.14. The van der Waals surface area contributed by atoms with Crippen molar-refractivity contribution in [2.24, 2.45) is 0 Å². The maximum atomic E-state index is 9.51. The number of benzene rings is 1. The zero-order valence-corrected chi connectivity index (χ0v) is 9.90. The summed E-state index contributed by atoms with van der Waals surface area (Å²) in [5.41, 5.74) is 4.14. The van der Waals surface area contributed by atoms with E-state index in [2.05, 4.69) is 23.1 Å². The largest absolute Gasteiger partial charge is 0.394 e. The Morgan fingerprint density at radius 1 is 1.44 bits per heavy atom. The van der Waals surface area contributed by atoms with Gasteiger partial charge >= 0.3 is 0 Å². The molecule has 16 heavy (non-hydrogen) atoms. The van der Waals surface area contributed by atoms with Crippen LogP contribution in [0.4, 0.5) is 0 Å². The van der Waals surface area contributed by atoms with Crippen LogP contribution >= 0.6 is 11.6 Å². The van der Waals surface area contributed by atoms with Crippen molar-refractivity contribution in [2.75, 3.05) is 19.7 Å². The first-order chi connectivity index (χ1) is 7.86. The van der Waals surface area contributed by atoms with Crippen molar-refractivity contribution in [3.05, 3.63) is 47.0 Å². The van der Waals surface area contributed by atoms with Gasteiger partial charge in [-0.15, -0.1) is 0 Å². The Labute approximate surface area is 101 Å². The molecule has 86 valence electrons. The van der Waals surface area contributed by atoms with Crippen LogP contribution in [0, 0.1) is 0 Å². The van der Waals surface area contributed by atoms with Gasteiger partial charge in [-0.05, 0) is 17.5 Å². The van der Waals surface area contributed by atoms with Crippen LogP contribution < -0.4 is 0 Å². The predicted octanol–water partition coefficient (Wildman–Crippen LogP) is 2.33. The molecular weight excluding hydrogens is 222 g/mol. The second-order valence-corrected chi connectivity index (χ2v) is 4.26. The third-order valence-corrected chi connectivity index (χ3v) is 3.30. The third-order valence-electron chi connectivity index (χ3n) is 3.13. The first-order valence-corrected chi connectivity index (χ1v) is 5.98. The predicted molar refractivity (Wildman–Crippen MR) is 66.5 cm³/mol. The summed E-state index contributed by atoms with van der Waals surface area (Å²) in [5, 5.41) is 9.51. The minimum atomic E-state index is 0.109. The summed E-state index contributed by atoms with van der Waals surface area (Å²) in [6, 6.07) is 8.45. The van der Waals surface area contributed by atoms with E-state index in [1.165, 1.54) is 16.7 Å². The first-order valence-electron chi connectivity index (χ1n) is 5.54. The lowest BCUT2D eigenvalue weighted by molar-refractivity contribution is 0.126. The molecule has 0 aliphatic carbocycles. The van der Waals surface area contributed by atoms with Crippen LogP contribution in [0.3, 0.4) is 0 Å². The molecule has 1 unspecified atom stereocenters. The van der Waals surface area contributed by atoms with E-state index in [0.717, 1.165) is 19.5 Å². The molecule has 2 rings (SSSR count). The Morgan fingerprint density at radius 3 is 3.00 bits per heavy atom. The SMILES string of the molecule is OCC1c2ccccc2CCN1C/C=C/Cl. The maximum absolute atomic E-state index is 9.51. The van der Waals surface area contributed by atoms with Gasteiger partial charge in [0.25, 0.3) is 0 Å². The van der Waals surface area contributed by atoms with Crippen LogP contribution in [0.25, 0.3) is 0 Å². The van der Waals surface area contributed by atoms with E-state index < -0.39 is 0 Å². The number of nitrogens with zero attached hydrogens (tertiary/aromatic N) is 1. The minimum Gasteiger partial charge on any atom is -0.394 e. The molecule has 0 aromatic heterocycles. The monoisotopic (exact) mass is 237 g/mol. The molecule has 1 aliphatic heterocycles. The Balaban J connectivity index is 2.22. The van der Waals surface area contributed by atoms with Crippen molar-refractivity contribution in [3.63, 3.8) is 0 Å². The van der Waals surface area contributed by atoms with Gasteiger partial charge in [-0.2, -0.15) is 0 Å². The Hall–Kier alpha value is -0.830. The summed E-state index contributed by atoms with van der Waals surface area (Å²) in [6.07, 6.45) is 2.96. The highest BCUT2D eigenvalue weighted by Crippen LogP contribution is 2.28. The van der Waals surface area contributed by atoms with Crippen molar-refractivity contribution in [3.8, 4) is 0 Å².